The van der Waals surface area contributed by atoms with Crippen LogP contribution in [0.25, 0.3) is 0 Å². The van der Waals surface area contributed by atoms with E-state index in [1.807, 2.05) is 23.1 Å². The van der Waals surface area contributed by atoms with Gasteiger partial charge in [0.25, 0.3) is 0 Å². The Morgan fingerprint density at radius 1 is 1.42 bits per heavy atom. The number of carbonyl (C=O) groups is 2. The Morgan fingerprint density at radius 2 is 2.17 bits per heavy atom. The van der Waals surface area contributed by atoms with Crippen LogP contribution in [0.2, 0.25) is 5.02 Å². The first kappa shape index (κ1) is 17.2. The van der Waals surface area contributed by atoms with Crippen LogP contribution in [0, 0.1) is 11.8 Å². The fraction of sp³-hybridized carbons (Fsp3) is 0.556. The summed E-state index contributed by atoms with van der Waals surface area (Å²) < 4.78 is 0. The number of amides is 2. The quantitative estimate of drug-likeness (QED) is 0.908. The Bertz CT molecular complexity index is 651. The first-order valence-electron chi connectivity index (χ1n) is 8.44. The molecule has 2 saturated heterocycles. The maximum absolute atomic E-state index is 13.2. The normalized spacial score (nSPS) is 30.2. The van der Waals surface area contributed by atoms with Gasteiger partial charge in [-0.2, -0.15) is 0 Å². The molecule has 2 N–H and O–H groups in total. The average molecular weight is 350 g/mol. The maximum Gasteiger partial charge on any atom is 0.228 e. The van der Waals surface area contributed by atoms with Crippen LogP contribution >= 0.6 is 11.6 Å². The van der Waals surface area contributed by atoms with Crippen LogP contribution in [0.3, 0.4) is 0 Å². The lowest BCUT2D eigenvalue weighted by Gasteiger charge is -2.30. The van der Waals surface area contributed by atoms with Crippen LogP contribution in [0.1, 0.15) is 31.4 Å². The van der Waals surface area contributed by atoms with Crippen LogP contribution in [0.15, 0.2) is 24.3 Å². The van der Waals surface area contributed by atoms with Gasteiger partial charge in [-0.15, -0.1) is 0 Å². The zero-order valence-electron chi connectivity index (χ0n) is 14.1. The van der Waals surface area contributed by atoms with Crippen molar-refractivity contribution in [1.29, 1.82) is 0 Å². The average Bonchev–Trinajstić information content (AvgIpc) is 3.07. The summed E-state index contributed by atoms with van der Waals surface area (Å²) in [7, 11) is 1.76. The van der Waals surface area contributed by atoms with Crippen molar-refractivity contribution in [1.82, 2.24) is 9.80 Å². The number of nitrogens with zero attached hydrogens (tertiary/aromatic N) is 2. The Labute approximate surface area is 147 Å². The van der Waals surface area contributed by atoms with Crippen LogP contribution < -0.4 is 5.73 Å². The van der Waals surface area contributed by atoms with Crippen molar-refractivity contribution < 1.29 is 9.59 Å². The highest BCUT2D eigenvalue weighted by molar-refractivity contribution is 6.30. The van der Waals surface area contributed by atoms with Crippen molar-refractivity contribution in [2.75, 3.05) is 20.1 Å². The molecule has 4 unspecified atom stereocenters. The van der Waals surface area contributed by atoms with Crippen molar-refractivity contribution in [2.24, 2.45) is 17.6 Å². The molecule has 0 saturated carbocycles. The summed E-state index contributed by atoms with van der Waals surface area (Å²) in [6.45, 7) is 3.34. The number of carbonyl (C=O) groups excluding carboxylic acids is 2. The smallest absolute Gasteiger partial charge is 0.228 e. The number of hydrogen-bond acceptors (Lipinski definition) is 3. The summed E-state index contributed by atoms with van der Waals surface area (Å²) in [5.74, 6) is 0.0463. The van der Waals surface area contributed by atoms with Gasteiger partial charge in [-0.3, -0.25) is 9.59 Å². The maximum atomic E-state index is 13.2. The number of halogens is 1. The van der Waals surface area contributed by atoms with Crippen molar-refractivity contribution in [2.45, 2.75) is 31.8 Å². The van der Waals surface area contributed by atoms with Crippen molar-refractivity contribution in [3.8, 4) is 0 Å². The fourth-order valence-corrected chi connectivity index (χ4v) is 4.27. The highest BCUT2D eigenvalue weighted by Crippen LogP contribution is 2.40. The molecule has 2 heterocycles. The van der Waals surface area contributed by atoms with E-state index >= 15 is 0 Å². The molecule has 2 aliphatic rings. The molecule has 0 bridgehead atoms. The monoisotopic (exact) mass is 349 g/mol. The zero-order valence-corrected chi connectivity index (χ0v) is 14.9. The highest BCUT2D eigenvalue weighted by atomic mass is 35.5. The van der Waals surface area contributed by atoms with E-state index in [9.17, 15) is 9.59 Å². The number of benzene rings is 1. The first-order valence-corrected chi connectivity index (χ1v) is 8.81. The van der Waals surface area contributed by atoms with Gasteiger partial charge in [0.2, 0.25) is 11.8 Å². The molecule has 2 aliphatic heterocycles. The van der Waals surface area contributed by atoms with Crippen molar-refractivity contribution >= 4 is 23.4 Å². The highest BCUT2D eigenvalue weighted by Gasteiger charge is 2.46. The minimum atomic E-state index is -0.361. The Kier molecular flexibility index (Phi) is 4.83. The molecular weight excluding hydrogens is 326 g/mol. The predicted molar refractivity (Wildman–Crippen MR) is 93.4 cm³/mol. The van der Waals surface area contributed by atoms with Gasteiger partial charge in [0, 0.05) is 31.1 Å². The van der Waals surface area contributed by atoms with E-state index in [2.05, 4.69) is 6.92 Å². The van der Waals surface area contributed by atoms with E-state index in [0.29, 0.717) is 24.0 Å². The summed E-state index contributed by atoms with van der Waals surface area (Å²) in [6, 6.07) is 7.35. The van der Waals surface area contributed by atoms with Crippen molar-refractivity contribution in [3.05, 3.63) is 34.9 Å². The van der Waals surface area contributed by atoms with E-state index in [-0.39, 0.29) is 36.2 Å². The standard InChI is InChI=1S/C18H24ClN3O2/c1-11-6-12(9-20)10-22(11)18(24)15-8-16(23)21(2)17(15)13-4-3-5-14(19)7-13/h3-5,7,11-12,15,17H,6,8-10,20H2,1-2H3. The molecule has 0 spiro atoms. The molecule has 130 valence electrons. The number of nitrogens with two attached hydrogens (primary N) is 1. The topological polar surface area (TPSA) is 66.6 Å². The van der Waals surface area contributed by atoms with Crippen LogP contribution in [-0.2, 0) is 9.59 Å². The van der Waals surface area contributed by atoms with E-state index in [1.54, 1.807) is 18.0 Å². The molecule has 0 radical (unpaired) electrons. The van der Waals surface area contributed by atoms with Crippen LogP contribution in [0.5, 0.6) is 0 Å². The van der Waals surface area contributed by atoms with Crippen LogP contribution in [0.4, 0.5) is 0 Å². The molecule has 2 amide bonds. The summed E-state index contributed by atoms with van der Waals surface area (Å²) >= 11 is 6.11. The second-order valence-corrected chi connectivity index (χ2v) is 7.43. The third-order valence-electron chi connectivity index (χ3n) is 5.37. The molecule has 5 nitrogen and oxygen atoms in total. The molecule has 3 rings (SSSR count). The lowest BCUT2D eigenvalue weighted by Crippen LogP contribution is -2.40. The van der Waals surface area contributed by atoms with E-state index in [0.717, 1.165) is 12.0 Å². The summed E-state index contributed by atoms with van der Waals surface area (Å²) in [6.07, 6.45) is 1.18. The Hall–Kier alpha value is -1.59. The third kappa shape index (κ3) is 3.03. The predicted octanol–water partition coefficient (Wildman–Crippen LogP) is 2.06. The van der Waals surface area contributed by atoms with Crippen LogP contribution in [-0.4, -0.2) is 47.8 Å². The van der Waals surface area contributed by atoms with Gasteiger partial charge in [-0.05, 0) is 43.5 Å². The van der Waals surface area contributed by atoms with Gasteiger partial charge in [-0.25, -0.2) is 0 Å². The van der Waals surface area contributed by atoms with Gasteiger partial charge < -0.3 is 15.5 Å². The summed E-state index contributed by atoms with van der Waals surface area (Å²) in [5, 5.41) is 0.615. The van der Waals surface area contributed by atoms with Crippen molar-refractivity contribution in [3.63, 3.8) is 0 Å². The van der Waals surface area contributed by atoms with E-state index in [4.69, 9.17) is 17.3 Å². The second kappa shape index (κ2) is 6.73. The molecule has 0 aromatic heterocycles. The van der Waals surface area contributed by atoms with Gasteiger partial charge in [0.15, 0.2) is 0 Å². The molecule has 2 fully saturated rings. The third-order valence-corrected chi connectivity index (χ3v) is 5.61. The zero-order chi connectivity index (χ0) is 17.4. The molecule has 1 aromatic carbocycles. The molecule has 24 heavy (non-hydrogen) atoms. The summed E-state index contributed by atoms with van der Waals surface area (Å²) in [4.78, 5) is 29.0. The fourth-order valence-electron chi connectivity index (χ4n) is 4.07. The number of rotatable bonds is 3. The van der Waals surface area contributed by atoms with E-state index in [1.165, 1.54) is 0 Å². The van der Waals surface area contributed by atoms with Gasteiger partial charge in [0.05, 0.1) is 12.0 Å². The minimum absolute atomic E-state index is 0.000510. The lowest BCUT2D eigenvalue weighted by atomic mass is 9.92. The van der Waals surface area contributed by atoms with E-state index < -0.39 is 0 Å². The SMILES string of the molecule is CC1CC(CN)CN1C(=O)C1CC(=O)N(C)C1c1cccc(Cl)c1. The first-order chi connectivity index (χ1) is 11.4. The molecule has 4 atom stereocenters. The van der Waals surface area contributed by atoms with Gasteiger partial charge >= 0.3 is 0 Å². The molecule has 1 aromatic rings. The largest absolute Gasteiger partial charge is 0.339 e. The number of likely N-dealkylation sites (tertiary alicyclic amines) is 2. The van der Waals surface area contributed by atoms with Gasteiger partial charge in [-0.1, -0.05) is 23.7 Å². The summed E-state index contributed by atoms with van der Waals surface area (Å²) in [5.41, 5.74) is 6.69. The molecule has 0 aliphatic carbocycles. The Morgan fingerprint density at radius 3 is 2.79 bits per heavy atom. The number of hydrogen-bond donors (Lipinski definition) is 1. The minimum Gasteiger partial charge on any atom is -0.339 e. The second-order valence-electron chi connectivity index (χ2n) is 6.99. The molecular formula is C18H24ClN3O2. The lowest BCUT2D eigenvalue weighted by molar-refractivity contribution is -0.137. The van der Waals surface area contributed by atoms with Gasteiger partial charge in [0.1, 0.15) is 0 Å². The Balaban J connectivity index is 1.88. The molecule has 6 heteroatoms.